The van der Waals surface area contributed by atoms with Gasteiger partial charge in [-0.3, -0.25) is 0 Å². The Morgan fingerprint density at radius 1 is 0.909 bits per heavy atom. The summed E-state index contributed by atoms with van der Waals surface area (Å²) in [5.41, 5.74) is 1.93. The van der Waals surface area contributed by atoms with E-state index < -0.39 is 0 Å². The largest absolute Gasteiger partial charge is 0.407 e. The summed E-state index contributed by atoms with van der Waals surface area (Å²) in [5.74, 6) is 15.7. The lowest BCUT2D eigenvalue weighted by Gasteiger charge is -2.01. The van der Waals surface area contributed by atoms with Gasteiger partial charge in [0.25, 0.3) is 0 Å². The van der Waals surface area contributed by atoms with E-state index in [1.54, 1.807) is 24.5 Å². The number of benzene rings is 1. The summed E-state index contributed by atoms with van der Waals surface area (Å²) < 4.78 is 5.23. The molecule has 0 unspecified atom stereocenters. The molecule has 1 aromatic heterocycles. The van der Waals surface area contributed by atoms with Crippen molar-refractivity contribution in [2.24, 2.45) is 0 Å². The summed E-state index contributed by atoms with van der Waals surface area (Å²) >= 11 is 0. The number of hydrogen-bond donors (Lipinski definition) is 0. The Hall–Kier alpha value is -3.66. The maximum Gasteiger partial charge on any atom is 0.159 e. The number of aromatic nitrogens is 2. The first kappa shape index (κ1) is 14.7. The van der Waals surface area contributed by atoms with Gasteiger partial charge in [-0.05, 0) is 54.5 Å². The van der Waals surface area contributed by atoms with Crippen LogP contribution >= 0.6 is 0 Å². The van der Waals surface area contributed by atoms with E-state index in [0.717, 1.165) is 11.1 Å². The van der Waals surface area contributed by atoms with Crippen LogP contribution in [0.4, 0.5) is 0 Å². The molecule has 3 heteroatoms. The lowest BCUT2D eigenvalue weighted by Crippen LogP contribution is -1.89. The Bertz CT molecular complexity index is 869. The van der Waals surface area contributed by atoms with E-state index >= 15 is 0 Å². The molecular formula is C19H10N2O. The van der Waals surface area contributed by atoms with Gasteiger partial charge in [-0.1, -0.05) is 0 Å². The molecule has 0 aliphatic rings. The minimum Gasteiger partial charge on any atom is -0.407 e. The Morgan fingerprint density at radius 3 is 2.23 bits per heavy atom. The molecule has 0 saturated heterocycles. The highest BCUT2D eigenvalue weighted by molar-refractivity contribution is 5.56. The zero-order valence-corrected chi connectivity index (χ0v) is 11.8. The van der Waals surface area contributed by atoms with Crippen molar-refractivity contribution in [3.05, 3.63) is 42.2 Å². The van der Waals surface area contributed by atoms with Gasteiger partial charge in [0, 0.05) is 35.7 Å². The smallest absolute Gasteiger partial charge is 0.159 e. The van der Waals surface area contributed by atoms with E-state index in [0.29, 0.717) is 11.6 Å². The monoisotopic (exact) mass is 282 g/mol. The molecule has 0 aliphatic carbocycles. The molecule has 0 saturated carbocycles. The predicted molar refractivity (Wildman–Crippen MR) is 85.0 cm³/mol. The summed E-state index contributed by atoms with van der Waals surface area (Å²) in [6.07, 6.45) is 11.0. The van der Waals surface area contributed by atoms with Crippen LogP contribution < -0.4 is 4.74 Å². The third kappa shape index (κ3) is 4.47. The van der Waals surface area contributed by atoms with Gasteiger partial charge in [-0.2, -0.15) is 0 Å². The number of terminal acetylenes is 1. The van der Waals surface area contributed by atoms with E-state index in [1.165, 1.54) is 0 Å². The lowest BCUT2D eigenvalue weighted by atomic mass is 10.2. The molecule has 0 amide bonds. The van der Waals surface area contributed by atoms with Crippen molar-refractivity contribution in [1.82, 2.24) is 9.97 Å². The normalized spacial score (nSPS) is 8.00. The van der Waals surface area contributed by atoms with Gasteiger partial charge in [-0.25, -0.2) is 9.97 Å². The standard InChI is InChI=1S/C19H10N2O/c1-3-4-5-6-7-8-13-22-18-11-9-17(10-12-18)19-20-14-16(2)15-21-19/h1,9-12,14-15H,2H3. The summed E-state index contributed by atoms with van der Waals surface area (Å²) in [5, 5.41) is 0. The molecule has 0 fully saturated rings. The van der Waals surface area contributed by atoms with Gasteiger partial charge >= 0.3 is 0 Å². The van der Waals surface area contributed by atoms with Crippen LogP contribution in [0.2, 0.25) is 0 Å². The van der Waals surface area contributed by atoms with Gasteiger partial charge in [-0.15, -0.1) is 6.42 Å². The number of aryl methyl sites for hydroxylation is 1. The highest BCUT2D eigenvalue weighted by Crippen LogP contribution is 2.18. The van der Waals surface area contributed by atoms with Crippen LogP contribution in [0.5, 0.6) is 5.75 Å². The average molecular weight is 282 g/mol. The van der Waals surface area contributed by atoms with Crippen molar-refractivity contribution in [2.45, 2.75) is 6.92 Å². The van der Waals surface area contributed by atoms with Crippen LogP contribution in [0.3, 0.4) is 0 Å². The Labute approximate surface area is 129 Å². The molecule has 102 valence electrons. The van der Waals surface area contributed by atoms with Crippen LogP contribution in [-0.2, 0) is 0 Å². The maximum atomic E-state index is 5.23. The molecule has 0 aliphatic heterocycles. The molecule has 1 heterocycles. The summed E-state index contributed by atoms with van der Waals surface area (Å²) in [6.45, 7) is 1.94. The molecule has 0 bridgehead atoms. The first-order valence-electron chi connectivity index (χ1n) is 6.31. The molecule has 0 N–H and O–H groups in total. The van der Waals surface area contributed by atoms with Gasteiger partial charge in [0.15, 0.2) is 5.82 Å². The van der Waals surface area contributed by atoms with Crippen molar-refractivity contribution in [2.75, 3.05) is 0 Å². The molecule has 3 nitrogen and oxygen atoms in total. The zero-order chi connectivity index (χ0) is 15.6. The first-order valence-corrected chi connectivity index (χ1v) is 6.31. The lowest BCUT2D eigenvalue weighted by molar-refractivity contribution is 0.520. The fraction of sp³-hybridized carbons (Fsp3) is 0.0526. The third-order valence-corrected chi connectivity index (χ3v) is 2.44. The summed E-state index contributed by atoms with van der Waals surface area (Å²) in [4.78, 5) is 8.53. The fourth-order valence-corrected chi connectivity index (χ4v) is 1.45. The topological polar surface area (TPSA) is 35.0 Å². The maximum absolute atomic E-state index is 5.23. The van der Waals surface area contributed by atoms with E-state index in [2.05, 4.69) is 51.6 Å². The highest BCUT2D eigenvalue weighted by atomic mass is 16.5. The van der Waals surface area contributed by atoms with E-state index in [9.17, 15) is 0 Å². The molecule has 2 aromatic rings. The van der Waals surface area contributed by atoms with Crippen molar-refractivity contribution < 1.29 is 4.74 Å². The quantitative estimate of drug-likeness (QED) is 0.794. The van der Waals surface area contributed by atoms with Gasteiger partial charge in [0.05, 0.1) is 0 Å². The Balaban J connectivity index is 2.00. The third-order valence-electron chi connectivity index (χ3n) is 2.44. The van der Waals surface area contributed by atoms with Crippen molar-refractivity contribution >= 4 is 0 Å². The zero-order valence-electron chi connectivity index (χ0n) is 11.8. The summed E-state index contributed by atoms with van der Waals surface area (Å²) in [6, 6.07) is 7.31. The number of ether oxygens (including phenoxy) is 1. The summed E-state index contributed by atoms with van der Waals surface area (Å²) in [7, 11) is 0. The van der Waals surface area contributed by atoms with Crippen molar-refractivity contribution in [3.8, 4) is 65.2 Å². The van der Waals surface area contributed by atoms with Crippen LogP contribution in [0, 0.1) is 55.0 Å². The van der Waals surface area contributed by atoms with Crippen LogP contribution in [-0.4, -0.2) is 9.97 Å². The van der Waals surface area contributed by atoms with E-state index in [-0.39, 0.29) is 0 Å². The van der Waals surface area contributed by atoms with E-state index in [1.807, 2.05) is 19.1 Å². The molecule has 22 heavy (non-hydrogen) atoms. The number of hydrogen-bond acceptors (Lipinski definition) is 3. The number of nitrogens with zero attached hydrogens (tertiary/aromatic N) is 2. The number of rotatable bonds is 2. The van der Waals surface area contributed by atoms with E-state index in [4.69, 9.17) is 11.2 Å². The minimum absolute atomic E-state index is 0.611. The van der Waals surface area contributed by atoms with Gasteiger partial charge in [0.1, 0.15) is 11.9 Å². The fourth-order valence-electron chi connectivity index (χ4n) is 1.45. The molecule has 0 spiro atoms. The Kier molecular flexibility index (Phi) is 5.24. The second-order valence-corrected chi connectivity index (χ2v) is 4.08. The molecule has 1 aromatic carbocycles. The molecular weight excluding hydrogens is 272 g/mol. The Morgan fingerprint density at radius 2 is 1.55 bits per heavy atom. The molecule has 0 radical (unpaired) electrons. The van der Waals surface area contributed by atoms with Gasteiger partial charge < -0.3 is 4.74 Å². The van der Waals surface area contributed by atoms with Crippen LogP contribution in [0.15, 0.2) is 36.7 Å². The average Bonchev–Trinajstić information content (AvgIpc) is 2.55. The van der Waals surface area contributed by atoms with Crippen LogP contribution in [0.25, 0.3) is 11.4 Å². The minimum atomic E-state index is 0.611. The predicted octanol–water partition coefficient (Wildman–Crippen LogP) is 2.43. The molecule has 2 rings (SSSR count). The van der Waals surface area contributed by atoms with Crippen molar-refractivity contribution in [3.63, 3.8) is 0 Å². The second-order valence-electron chi connectivity index (χ2n) is 4.08. The van der Waals surface area contributed by atoms with Gasteiger partial charge in [0.2, 0.25) is 0 Å². The van der Waals surface area contributed by atoms with Crippen LogP contribution in [0.1, 0.15) is 5.56 Å². The highest BCUT2D eigenvalue weighted by Gasteiger charge is 2.00. The first-order chi connectivity index (χ1) is 10.8. The molecule has 0 atom stereocenters. The SMILES string of the molecule is C#CC#CC#CC#COc1ccc(-c2ncc(C)cn2)cc1. The second kappa shape index (κ2) is 7.81. The van der Waals surface area contributed by atoms with Crippen molar-refractivity contribution in [1.29, 1.82) is 0 Å².